The fourth-order valence-corrected chi connectivity index (χ4v) is 3.81. The van der Waals surface area contributed by atoms with Gasteiger partial charge in [0.15, 0.2) is 0 Å². The zero-order chi connectivity index (χ0) is 22.5. The van der Waals surface area contributed by atoms with Crippen molar-refractivity contribution in [2.24, 2.45) is 0 Å². The van der Waals surface area contributed by atoms with E-state index in [2.05, 4.69) is 32.7 Å². The number of benzene rings is 2. The van der Waals surface area contributed by atoms with E-state index < -0.39 is 11.8 Å². The number of hydrogen-bond donors (Lipinski definition) is 1. The molecule has 0 unspecified atom stereocenters. The van der Waals surface area contributed by atoms with E-state index in [9.17, 15) is 14.0 Å². The molecule has 0 spiro atoms. The molecular formula is C23H25BrFN3O3. The molecule has 1 aliphatic heterocycles. The molecule has 1 saturated heterocycles. The minimum atomic E-state index is -0.692. The molecule has 1 N–H and O–H groups in total. The molecular weight excluding hydrogens is 465 g/mol. The second kappa shape index (κ2) is 9.96. The highest BCUT2D eigenvalue weighted by atomic mass is 79.9. The van der Waals surface area contributed by atoms with Gasteiger partial charge >= 0.3 is 11.8 Å². The minimum Gasteiger partial charge on any atom is -0.490 e. The fourth-order valence-electron chi connectivity index (χ4n) is 3.33. The molecule has 1 aliphatic rings. The van der Waals surface area contributed by atoms with Gasteiger partial charge in [0.25, 0.3) is 0 Å². The van der Waals surface area contributed by atoms with Crippen molar-refractivity contribution >= 4 is 39.1 Å². The van der Waals surface area contributed by atoms with E-state index in [1.54, 1.807) is 24.3 Å². The number of carbonyl (C=O) groups is 2. The SMILES string of the molecule is C=C(c1cc(NC(=O)C(=O)N(C)C)ccc1Br)N1CCC(Oc2ccc(F)cc2)CC1. The predicted molar refractivity (Wildman–Crippen MR) is 122 cm³/mol. The molecule has 0 saturated carbocycles. The van der Waals surface area contributed by atoms with Gasteiger partial charge < -0.3 is 19.9 Å². The highest BCUT2D eigenvalue weighted by Crippen LogP contribution is 2.31. The van der Waals surface area contributed by atoms with E-state index in [0.29, 0.717) is 11.4 Å². The van der Waals surface area contributed by atoms with Crippen molar-refractivity contribution in [2.75, 3.05) is 32.5 Å². The third kappa shape index (κ3) is 5.85. The van der Waals surface area contributed by atoms with Crippen LogP contribution in [0.25, 0.3) is 5.70 Å². The summed E-state index contributed by atoms with van der Waals surface area (Å²) >= 11 is 3.55. The summed E-state index contributed by atoms with van der Waals surface area (Å²) in [5.74, 6) is -0.931. The zero-order valence-corrected chi connectivity index (χ0v) is 19.1. The zero-order valence-electron chi connectivity index (χ0n) is 17.5. The van der Waals surface area contributed by atoms with E-state index in [0.717, 1.165) is 41.7 Å². The van der Waals surface area contributed by atoms with Crippen LogP contribution >= 0.6 is 15.9 Å². The fraction of sp³-hybridized carbons (Fsp3) is 0.304. The summed E-state index contributed by atoms with van der Waals surface area (Å²) in [4.78, 5) is 27.2. The summed E-state index contributed by atoms with van der Waals surface area (Å²) in [5, 5.41) is 2.63. The molecule has 164 valence electrons. The van der Waals surface area contributed by atoms with Crippen LogP contribution in [-0.2, 0) is 9.59 Å². The Kier molecular flexibility index (Phi) is 7.33. The van der Waals surface area contributed by atoms with Gasteiger partial charge in [0.2, 0.25) is 0 Å². The normalized spacial score (nSPS) is 14.1. The van der Waals surface area contributed by atoms with E-state index in [1.165, 1.54) is 31.1 Å². The first kappa shape index (κ1) is 22.8. The average molecular weight is 490 g/mol. The van der Waals surface area contributed by atoms with Crippen LogP contribution < -0.4 is 10.1 Å². The second-order valence-corrected chi connectivity index (χ2v) is 8.41. The monoisotopic (exact) mass is 489 g/mol. The van der Waals surface area contributed by atoms with Gasteiger partial charge in [-0.25, -0.2) is 4.39 Å². The Morgan fingerprint density at radius 3 is 2.42 bits per heavy atom. The van der Waals surface area contributed by atoms with Crippen molar-refractivity contribution in [3.63, 3.8) is 0 Å². The maximum atomic E-state index is 13.1. The molecule has 31 heavy (non-hydrogen) atoms. The number of hydrogen-bond acceptors (Lipinski definition) is 4. The van der Waals surface area contributed by atoms with E-state index >= 15 is 0 Å². The van der Waals surface area contributed by atoms with Crippen LogP contribution in [-0.4, -0.2) is 54.9 Å². The van der Waals surface area contributed by atoms with Gasteiger partial charge in [0, 0.05) is 61.4 Å². The molecule has 0 bridgehead atoms. The van der Waals surface area contributed by atoms with Gasteiger partial charge in [-0.3, -0.25) is 9.59 Å². The number of nitrogens with zero attached hydrogens (tertiary/aromatic N) is 2. The highest BCUT2D eigenvalue weighted by molar-refractivity contribution is 9.10. The van der Waals surface area contributed by atoms with Crippen molar-refractivity contribution in [3.05, 3.63) is 64.9 Å². The van der Waals surface area contributed by atoms with E-state index in [1.807, 2.05) is 6.07 Å². The van der Waals surface area contributed by atoms with Crippen LogP contribution in [0.3, 0.4) is 0 Å². The number of nitrogens with one attached hydrogen (secondary N) is 1. The Morgan fingerprint density at radius 2 is 1.81 bits per heavy atom. The quantitative estimate of drug-likeness (QED) is 0.641. The molecule has 0 aliphatic carbocycles. The number of likely N-dealkylation sites (tertiary alicyclic amines) is 1. The molecule has 1 heterocycles. The number of halogens is 2. The highest BCUT2D eigenvalue weighted by Gasteiger charge is 2.23. The van der Waals surface area contributed by atoms with Crippen molar-refractivity contribution < 1.29 is 18.7 Å². The van der Waals surface area contributed by atoms with Crippen molar-refractivity contribution in [1.29, 1.82) is 0 Å². The third-order valence-electron chi connectivity index (χ3n) is 5.08. The standard InChI is InChI=1S/C23H25BrFN3O3/c1-15(20-14-17(6-9-21(20)24)26-22(29)23(30)27(2)3)28-12-10-19(11-13-28)31-18-7-4-16(25)5-8-18/h4-9,14,19H,1,10-13H2,2-3H3,(H,26,29). The molecule has 2 aromatic carbocycles. The Labute approximate surface area is 189 Å². The average Bonchev–Trinajstić information content (AvgIpc) is 2.76. The number of carbonyl (C=O) groups excluding carboxylic acids is 2. The largest absolute Gasteiger partial charge is 0.490 e. The van der Waals surface area contributed by atoms with Crippen LogP contribution in [0.2, 0.25) is 0 Å². The lowest BCUT2D eigenvalue weighted by molar-refractivity contribution is -0.141. The topological polar surface area (TPSA) is 61.9 Å². The Bertz CT molecular complexity index is 971. The van der Waals surface area contributed by atoms with Crippen molar-refractivity contribution in [2.45, 2.75) is 18.9 Å². The summed E-state index contributed by atoms with van der Waals surface area (Å²) in [6, 6.07) is 11.4. The van der Waals surface area contributed by atoms with Crippen LogP contribution in [0.15, 0.2) is 53.5 Å². The van der Waals surface area contributed by atoms with Crippen LogP contribution in [0.1, 0.15) is 18.4 Å². The molecule has 3 rings (SSSR count). The Morgan fingerprint density at radius 1 is 1.16 bits per heavy atom. The summed E-state index contributed by atoms with van der Waals surface area (Å²) in [6.45, 7) is 5.75. The van der Waals surface area contributed by atoms with Crippen LogP contribution in [0.5, 0.6) is 5.75 Å². The summed E-state index contributed by atoms with van der Waals surface area (Å²) in [6.07, 6.45) is 1.67. The summed E-state index contributed by atoms with van der Waals surface area (Å²) in [5.41, 5.74) is 2.18. The van der Waals surface area contributed by atoms with Crippen molar-refractivity contribution in [3.8, 4) is 5.75 Å². The molecule has 0 aromatic heterocycles. The van der Waals surface area contributed by atoms with Gasteiger partial charge in [-0.2, -0.15) is 0 Å². The van der Waals surface area contributed by atoms with E-state index in [-0.39, 0.29) is 11.9 Å². The Balaban J connectivity index is 1.61. The first-order valence-electron chi connectivity index (χ1n) is 9.93. The number of piperidine rings is 1. The number of likely N-dealkylation sites (N-methyl/N-ethyl adjacent to an activating group) is 1. The van der Waals surface area contributed by atoms with Gasteiger partial charge in [-0.15, -0.1) is 0 Å². The number of rotatable bonds is 5. The number of amides is 2. The molecule has 0 atom stereocenters. The lowest BCUT2D eigenvalue weighted by Crippen LogP contribution is -2.37. The van der Waals surface area contributed by atoms with Crippen molar-refractivity contribution in [1.82, 2.24) is 9.80 Å². The lowest BCUT2D eigenvalue weighted by Gasteiger charge is -2.35. The first-order chi connectivity index (χ1) is 14.7. The first-order valence-corrected chi connectivity index (χ1v) is 10.7. The maximum absolute atomic E-state index is 13.1. The Hall–Kier alpha value is -2.87. The molecule has 6 nitrogen and oxygen atoms in total. The maximum Gasteiger partial charge on any atom is 0.313 e. The van der Waals surface area contributed by atoms with Gasteiger partial charge in [0.1, 0.15) is 17.7 Å². The number of anilines is 1. The van der Waals surface area contributed by atoms with Crippen LogP contribution in [0, 0.1) is 5.82 Å². The number of ether oxygens (including phenoxy) is 1. The predicted octanol–water partition coefficient (Wildman–Crippen LogP) is 4.13. The lowest BCUT2D eigenvalue weighted by atomic mass is 10.0. The molecule has 2 amide bonds. The van der Waals surface area contributed by atoms with Gasteiger partial charge in [-0.05, 0) is 42.5 Å². The molecule has 0 radical (unpaired) electrons. The molecule has 2 aromatic rings. The van der Waals surface area contributed by atoms with Crippen LogP contribution in [0.4, 0.5) is 10.1 Å². The molecule has 1 fully saturated rings. The van der Waals surface area contributed by atoms with Gasteiger partial charge in [0.05, 0.1) is 0 Å². The molecule has 8 heteroatoms. The summed E-state index contributed by atoms with van der Waals surface area (Å²) < 4.78 is 19.9. The third-order valence-corrected chi connectivity index (χ3v) is 5.77. The summed E-state index contributed by atoms with van der Waals surface area (Å²) in [7, 11) is 3.06. The van der Waals surface area contributed by atoms with E-state index in [4.69, 9.17) is 4.74 Å². The minimum absolute atomic E-state index is 0.0561. The smallest absolute Gasteiger partial charge is 0.313 e. The van der Waals surface area contributed by atoms with Gasteiger partial charge in [-0.1, -0.05) is 22.5 Å². The second-order valence-electron chi connectivity index (χ2n) is 7.55.